The lowest BCUT2D eigenvalue weighted by atomic mass is 9.92. The van der Waals surface area contributed by atoms with Gasteiger partial charge in [-0.3, -0.25) is 0 Å². The molecule has 2 aromatic carbocycles. The maximum Gasteiger partial charge on any atom is 0.231 e. The number of ether oxygens (including phenoxy) is 2. The van der Waals surface area contributed by atoms with Gasteiger partial charge in [-0.2, -0.15) is 0 Å². The van der Waals surface area contributed by atoms with E-state index in [-0.39, 0.29) is 12.2 Å². The van der Waals surface area contributed by atoms with Crippen molar-refractivity contribution in [2.45, 2.75) is 31.6 Å². The Bertz CT molecular complexity index is 1140. The molecule has 0 amide bonds. The number of aryl methyl sites for hydroxylation is 1. The van der Waals surface area contributed by atoms with Gasteiger partial charge < -0.3 is 19.7 Å². The van der Waals surface area contributed by atoms with Crippen molar-refractivity contribution >= 4 is 17.3 Å². The molecule has 1 aliphatic heterocycles. The number of benzene rings is 2. The summed E-state index contributed by atoms with van der Waals surface area (Å²) in [6.07, 6.45) is 3.09. The lowest BCUT2D eigenvalue weighted by Gasteiger charge is -2.23. The predicted molar refractivity (Wildman–Crippen MR) is 124 cm³/mol. The number of hydrogen-bond donors (Lipinski definition) is 1. The highest BCUT2D eigenvalue weighted by atomic mass is 16.7. The van der Waals surface area contributed by atoms with E-state index in [1.54, 1.807) is 0 Å². The first kappa shape index (κ1) is 19.5. The van der Waals surface area contributed by atoms with Crippen LogP contribution in [0.1, 0.15) is 30.9 Å². The standard InChI is InChI=1S/C26H27N3O2/c1-4-19-8-5-6-9-21(19)29(3)25-11-7-10-24(28-25)27-18(2)26(14-15-26)20-12-13-22-23(16-20)31-17-30-22/h5-13,16H,2,4,14-15,17H2,1,3H3,(H,27,28). The molecule has 1 N–H and O–H groups in total. The van der Waals surface area contributed by atoms with Crippen LogP contribution in [0.25, 0.3) is 0 Å². The summed E-state index contributed by atoms with van der Waals surface area (Å²) in [5.74, 6) is 3.32. The smallest absolute Gasteiger partial charge is 0.231 e. The molecule has 5 nitrogen and oxygen atoms in total. The fourth-order valence-electron chi connectivity index (χ4n) is 4.30. The Morgan fingerprint density at radius 1 is 1.06 bits per heavy atom. The second-order valence-electron chi connectivity index (χ2n) is 8.18. The highest BCUT2D eigenvalue weighted by Gasteiger charge is 2.47. The predicted octanol–water partition coefficient (Wildman–Crippen LogP) is 5.80. The highest BCUT2D eigenvalue weighted by molar-refractivity contribution is 5.65. The van der Waals surface area contributed by atoms with Crippen LogP contribution in [0.5, 0.6) is 11.5 Å². The Morgan fingerprint density at radius 3 is 2.68 bits per heavy atom. The van der Waals surface area contributed by atoms with Crippen LogP contribution in [-0.2, 0) is 11.8 Å². The number of nitrogens with zero attached hydrogens (tertiary/aromatic N) is 2. The number of anilines is 3. The number of fused-ring (bicyclic) bond motifs is 1. The third-order valence-corrected chi connectivity index (χ3v) is 6.34. The van der Waals surface area contributed by atoms with Gasteiger partial charge in [-0.25, -0.2) is 4.98 Å². The molecule has 1 aromatic heterocycles. The normalized spacial score (nSPS) is 15.4. The minimum atomic E-state index is -0.0840. The van der Waals surface area contributed by atoms with Crippen LogP contribution in [0.3, 0.4) is 0 Å². The van der Waals surface area contributed by atoms with Gasteiger partial charge >= 0.3 is 0 Å². The van der Waals surface area contributed by atoms with Crippen LogP contribution in [-0.4, -0.2) is 18.8 Å². The first-order valence-electron chi connectivity index (χ1n) is 10.8. The number of pyridine rings is 1. The summed E-state index contributed by atoms with van der Waals surface area (Å²) < 4.78 is 11.0. The molecule has 5 rings (SSSR count). The summed E-state index contributed by atoms with van der Waals surface area (Å²) in [6.45, 7) is 6.84. The molecule has 0 spiro atoms. The van der Waals surface area contributed by atoms with Gasteiger partial charge in [0.05, 0.1) is 0 Å². The van der Waals surface area contributed by atoms with E-state index in [4.69, 9.17) is 14.5 Å². The molecule has 0 bridgehead atoms. The van der Waals surface area contributed by atoms with Crippen molar-refractivity contribution < 1.29 is 9.47 Å². The molecule has 31 heavy (non-hydrogen) atoms. The molecule has 0 saturated heterocycles. The second-order valence-corrected chi connectivity index (χ2v) is 8.18. The first-order chi connectivity index (χ1) is 15.1. The van der Waals surface area contributed by atoms with Gasteiger partial charge in [-0.15, -0.1) is 0 Å². The molecule has 0 atom stereocenters. The van der Waals surface area contributed by atoms with Crippen LogP contribution < -0.4 is 19.7 Å². The Morgan fingerprint density at radius 2 is 1.87 bits per heavy atom. The van der Waals surface area contributed by atoms with Crippen molar-refractivity contribution in [3.63, 3.8) is 0 Å². The molecule has 0 unspecified atom stereocenters. The van der Waals surface area contributed by atoms with Crippen molar-refractivity contribution in [2.75, 3.05) is 24.1 Å². The number of nitrogens with one attached hydrogen (secondary N) is 1. The van der Waals surface area contributed by atoms with Gasteiger partial charge in [0.15, 0.2) is 11.5 Å². The molecule has 0 radical (unpaired) electrons. The fourth-order valence-corrected chi connectivity index (χ4v) is 4.30. The van der Waals surface area contributed by atoms with E-state index < -0.39 is 0 Å². The lowest BCUT2D eigenvalue weighted by molar-refractivity contribution is 0.174. The molecular formula is C26H27N3O2. The van der Waals surface area contributed by atoms with E-state index in [1.807, 2.05) is 24.3 Å². The van der Waals surface area contributed by atoms with Crippen molar-refractivity contribution in [3.8, 4) is 11.5 Å². The van der Waals surface area contributed by atoms with Crippen molar-refractivity contribution in [3.05, 3.63) is 84.1 Å². The first-order valence-corrected chi connectivity index (χ1v) is 10.8. The zero-order chi connectivity index (χ0) is 21.4. The maximum atomic E-state index is 5.57. The Kier molecular flexibility index (Phi) is 4.81. The average Bonchev–Trinajstić information content (AvgIpc) is 3.49. The van der Waals surface area contributed by atoms with E-state index in [0.717, 1.165) is 48.1 Å². The van der Waals surface area contributed by atoms with Crippen LogP contribution in [0.4, 0.5) is 17.3 Å². The quantitative estimate of drug-likeness (QED) is 0.531. The Labute approximate surface area is 183 Å². The Hall–Kier alpha value is -3.47. The van der Waals surface area contributed by atoms with Gasteiger partial charge in [-0.05, 0) is 60.7 Å². The summed E-state index contributed by atoms with van der Waals surface area (Å²) in [5.41, 5.74) is 4.56. The summed E-state index contributed by atoms with van der Waals surface area (Å²) in [4.78, 5) is 7.00. The highest BCUT2D eigenvalue weighted by Crippen LogP contribution is 2.54. The van der Waals surface area contributed by atoms with Crippen LogP contribution in [0.15, 0.2) is 72.9 Å². The van der Waals surface area contributed by atoms with Gasteiger partial charge in [0.25, 0.3) is 0 Å². The van der Waals surface area contributed by atoms with E-state index in [0.29, 0.717) is 0 Å². The molecule has 1 aliphatic carbocycles. The molecule has 3 aromatic rings. The zero-order valence-corrected chi connectivity index (χ0v) is 18.0. The topological polar surface area (TPSA) is 46.6 Å². The van der Waals surface area contributed by atoms with Crippen molar-refractivity contribution in [1.29, 1.82) is 0 Å². The van der Waals surface area contributed by atoms with Crippen molar-refractivity contribution in [1.82, 2.24) is 4.98 Å². The number of para-hydroxylation sites is 1. The third-order valence-electron chi connectivity index (χ3n) is 6.34. The monoisotopic (exact) mass is 413 g/mol. The molecule has 158 valence electrons. The summed E-state index contributed by atoms with van der Waals surface area (Å²) in [6, 6.07) is 20.7. The second kappa shape index (κ2) is 7.65. The minimum Gasteiger partial charge on any atom is -0.454 e. The number of hydrogen-bond acceptors (Lipinski definition) is 5. The molecule has 5 heteroatoms. The molecular weight excluding hydrogens is 386 g/mol. The number of aromatic nitrogens is 1. The SMILES string of the molecule is C=C(Nc1cccc(N(C)c2ccccc2CC)n1)C1(c2ccc3c(c2)OCO3)CC1. The molecule has 2 aliphatic rings. The average molecular weight is 414 g/mol. The minimum absolute atomic E-state index is 0.0840. The van der Waals surface area contributed by atoms with E-state index >= 15 is 0 Å². The fraction of sp³-hybridized carbons (Fsp3) is 0.269. The van der Waals surface area contributed by atoms with Gasteiger partial charge in [0.2, 0.25) is 6.79 Å². The van der Waals surface area contributed by atoms with Gasteiger partial charge in [-0.1, -0.05) is 43.8 Å². The molecule has 1 saturated carbocycles. The van der Waals surface area contributed by atoms with Gasteiger partial charge in [0.1, 0.15) is 11.6 Å². The summed E-state index contributed by atoms with van der Waals surface area (Å²) in [7, 11) is 2.06. The lowest BCUT2D eigenvalue weighted by Crippen LogP contribution is -2.18. The van der Waals surface area contributed by atoms with Crippen molar-refractivity contribution in [2.24, 2.45) is 0 Å². The number of rotatable bonds is 7. The molecule has 2 heterocycles. The summed E-state index contributed by atoms with van der Waals surface area (Å²) in [5, 5.41) is 3.48. The van der Waals surface area contributed by atoms with Crippen LogP contribution >= 0.6 is 0 Å². The Balaban J connectivity index is 1.37. The third kappa shape index (κ3) is 3.50. The molecule has 1 fully saturated rings. The van der Waals surface area contributed by atoms with Crippen LogP contribution in [0.2, 0.25) is 0 Å². The van der Waals surface area contributed by atoms with E-state index in [9.17, 15) is 0 Å². The zero-order valence-electron chi connectivity index (χ0n) is 18.0. The number of allylic oxidation sites excluding steroid dienone is 1. The maximum absolute atomic E-state index is 5.57. The van der Waals surface area contributed by atoms with E-state index in [1.165, 1.54) is 16.8 Å². The van der Waals surface area contributed by atoms with E-state index in [2.05, 4.69) is 67.2 Å². The largest absolute Gasteiger partial charge is 0.454 e. The summed E-state index contributed by atoms with van der Waals surface area (Å²) >= 11 is 0. The van der Waals surface area contributed by atoms with Gasteiger partial charge in [0, 0.05) is 23.8 Å². The van der Waals surface area contributed by atoms with Crippen LogP contribution in [0, 0.1) is 0 Å².